The molecule has 27 heavy (non-hydrogen) atoms. The third kappa shape index (κ3) is 3.86. The number of likely N-dealkylation sites (tertiary alicyclic amines) is 1. The number of ether oxygens (including phenoxy) is 1. The Bertz CT molecular complexity index is 654. The largest absolute Gasteiger partial charge is 0.444 e. The average molecular weight is 399 g/mol. The first-order valence-electron chi connectivity index (χ1n) is 10.6. The zero-order chi connectivity index (χ0) is 19.4. The van der Waals surface area contributed by atoms with Crippen LogP contribution >= 0.6 is 0 Å². The first-order chi connectivity index (χ1) is 12.6. The van der Waals surface area contributed by atoms with Crippen molar-refractivity contribution in [2.45, 2.75) is 88.5 Å². The molecule has 1 N–H and O–H groups in total. The normalized spacial score (nSPS) is 36.9. The van der Waals surface area contributed by atoms with E-state index in [0.717, 1.165) is 19.3 Å². The van der Waals surface area contributed by atoms with Crippen LogP contribution in [0.4, 0.5) is 4.79 Å². The zero-order valence-electron chi connectivity index (χ0n) is 16.9. The molecular formula is C20H34N2O4S. The highest BCUT2D eigenvalue weighted by molar-refractivity contribution is 7.90. The van der Waals surface area contributed by atoms with Gasteiger partial charge >= 0.3 is 6.09 Å². The summed E-state index contributed by atoms with van der Waals surface area (Å²) in [4.78, 5) is 13.9. The maximum atomic E-state index is 13.3. The molecule has 0 aromatic rings. The van der Waals surface area contributed by atoms with Crippen LogP contribution in [0.25, 0.3) is 0 Å². The van der Waals surface area contributed by atoms with Crippen molar-refractivity contribution in [1.29, 1.82) is 0 Å². The van der Waals surface area contributed by atoms with Gasteiger partial charge < -0.3 is 9.64 Å². The highest BCUT2D eigenvalue weighted by Crippen LogP contribution is 2.58. The number of piperidine rings is 1. The Morgan fingerprint density at radius 1 is 1.00 bits per heavy atom. The second kappa shape index (κ2) is 6.61. The minimum absolute atomic E-state index is 0.0679. The Morgan fingerprint density at radius 3 is 1.93 bits per heavy atom. The van der Waals surface area contributed by atoms with E-state index in [0.29, 0.717) is 43.7 Å². The van der Waals surface area contributed by atoms with Crippen molar-refractivity contribution in [1.82, 2.24) is 9.62 Å². The van der Waals surface area contributed by atoms with Gasteiger partial charge in [-0.2, -0.15) is 0 Å². The van der Waals surface area contributed by atoms with Crippen molar-refractivity contribution >= 4 is 16.1 Å². The highest BCUT2D eigenvalue weighted by atomic mass is 32.2. The van der Waals surface area contributed by atoms with E-state index >= 15 is 0 Å². The SMILES string of the molecule is CC(C)(C)OC(=O)N1CCC(NS(=O)(=O)C23CC4CC(CC(C4)C2)C3)CC1. The smallest absolute Gasteiger partial charge is 0.410 e. The average Bonchev–Trinajstić information content (AvgIpc) is 2.52. The van der Waals surface area contributed by atoms with Crippen LogP contribution in [0.2, 0.25) is 0 Å². The molecule has 6 nitrogen and oxygen atoms in total. The quantitative estimate of drug-likeness (QED) is 0.792. The summed E-state index contributed by atoms with van der Waals surface area (Å²) in [7, 11) is -3.33. The molecule has 0 atom stereocenters. The zero-order valence-corrected chi connectivity index (χ0v) is 17.7. The van der Waals surface area contributed by atoms with Crippen LogP contribution in [0.1, 0.15) is 72.1 Å². The minimum Gasteiger partial charge on any atom is -0.444 e. The summed E-state index contributed by atoms with van der Waals surface area (Å²) in [5, 5.41) is 0. The predicted octanol–water partition coefficient (Wildman–Crippen LogP) is 3.27. The van der Waals surface area contributed by atoms with Gasteiger partial charge in [-0.1, -0.05) is 0 Å². The van der Waals surface area contributed by atoms with Gasteiger partial charge in [-0.3, -0.25) is 0 Å². The number of hydrogen-bond acceptors (Lipinski definition) is 4. The Hall–Kier alpha value is -0.820. The maximum Gasteiger partial charge on any atom is 0.410 e. The summed E-state index contributed by atoms with van der Waals surface area (Å²) in [6.07, 6.45) is 7.29. The number of nitrogens with one attached hydrogen (secondary N) is 1. The molecule has 7 heteroatoms. The predicted molar refractivity (Wildman–Crippen MR) is 104 cm³/mol. The Kier molecular flexibility index (Phi) is 4.78. The summed E-state index contributed by atoms with van der Waals surface area (Å²) in [5.74, 6) is 1.84. The number of nitrogens with zero attached hydrogens (tertiary/aromatic N) is 1. The minimum atomic E-state index is -3.33. The van der Waals surface area contributed by atoms with E-state index < -0.39 is 20.4 Å². The fraction of sp³-hybridized carbons (Fsp3) is 0.950. The monoisotopic (exact) mass is 398 g/mol. The van der Waals surface area contributed by atoms with Crippen molar-refractivity contribution in [3.63, 3.8) is 0 Å². The number of rotatable bonds is 3. The van der Waals surface area contributed by atoms with E-state index in [-0.39, 0.29) is 12.1 Å². The van der Waals surface area contributed by atoms with Crippen LogP contribution in [-0.4, -0.2) is 48.9 Å². The lowest BCUT2D eigenvalue weighted by atomic mass is 9.56. The Labute approximate surface area is 163 Å². The van der Waals surface area contributed by atoms with Crippen molar-refractivity contribution < 1.29 is 17.9 Å². The molecule has 4 saturated carbocycles. The van der Waals surface area contributed by atoms with Gasteiger partial charge in [0.15, 0.2) is 0 Å². The number of carbonyl (C=O) groups excluding carboxylic acids is 1. The number of sulfonamides is 1. The van der Waals surface area contributed by atoms with Gasteiger partial charge in [0.2, 0.25) is 10.0 Å². The molecule has 1 amide bonds. The number of amides is 1. The van der Waals surface area contributed by atoms with Crippen LogP contribution in [-0.2, 0) is 14.8 Å². The third-order valence-corrected chi connectivity index (χ3v) is 9.30. The van der Waals surface area contributed by atoms with Crippen molar-refractivity contribution in [3.8, 4) is 0 Å². The van der Waals surface area contributed by atoms with E-state index in [9.17, 15) is 13.2 Å². The molecule has 0 unspecified atom stereocenters. The van der Waals surface area contributed by atoms with Gasteiger partial charge in [-0.15, -0.1) is 0 Å². The molecule has 0 spiro atoms. The molecule has 5 rings (SSSR count). The van der Waals surface area contributed by atoms with Crippen LogP contribution in [0.3, 0.4) is 0 Å². The van der Waals surface area contributed by atoms with E-state index in [1.54, 1.807) is 4.90 Å². The molecule has 5 fully saturated rings. The fourth-order valence-corrected chi connectivity index (χ4v) is 8.50. The van der Waals surface area contributed by atoms with E-state index in [2.05, 4.69) is 4.72 Å². The van der Waals surface area contributed by atoms with Gasteiger partial charge in [-0.25, -0.2) is 17.9 Å². The molecule has 1 aliphatic heterocycles. The number of carbonyl (C=O) groups is 1. The van der Waals surface area contributed by atoms with Gasteiger partial charge in [0.05, 0.1) is 4.75 Å². The summed E-state index contributed by atoms with van der Waals surface area (Å²) < 4.78 is 34.6. The second-order valence-electron chi connectivity index (χ2n) is 10.5. The molecule has 0 radical (unpaired) electrons. The van der Waals surface area contributed by atoms with Crippen LogP contribution in [0.5, 0.6) is 0 Å². The standard InChI is InChI=1S/C20H34N2O4S/c1-19(2,3)26-18(23)22-6-4-17(5-7-22)21-27(24,25)20-11-14-8-15(12-20)10-16(9-14)13-20/h14-17,21H,4-13H2,1-3H3. The van der Waals surface area contributed by atoms with E-state index in [4.69, 9.17) is 4.74 Å². The molecule has 4 bridgehead atoms. The molecule has 0 aromatic heterocycles. The third-order valence-electron chi connectivity index (χ3n) is 7.02. The fourth-order valence-electron chi connectivity index (χ4n) is 6.21. The Balaban J connectivity index is 1.36. The second-order valence-corrected chi connectivity index (χ2v) is 12.6. The summed E-state index contributed by atoms with van der Waals surface area (Å²) in [6.45, 7) is 6.66. The van der Waals surface area contributed by atoms with E-state index in [1.807, 2.05) is 20.8 Å². The lowest BCUT2D eigenvalue weighted by Gasteiger charge is -2.56. The molecule has 154 valence electrons. The van der Waals surface area contributed by atoms with Crippen molar-refractivity contribution in [2.24, 2.45) is 17.8 Å². The molecule has 5 aliphatic rings. The van der Waals surface area contributed by atoms with Crippen molar-refractivity contribution in [3.05, 3.63) is 0 Å². The highest BCUT2D eigenvalue weighted by Gasteiger charge is 2.57. The van der Waals surface area contributed by atoms with Crippen LogP contribution in [0.15, 0.2) is 0 Å². The maximum absolute atomic E-state index is 13.3. The van der Waals surface area contributed by atoms with Gasteiger partial charge in [0.25, 0.3) is 0 Å². The van der Waals surface area contributed by atoms with Gasteiger partial charge in [-0.05, 0) is 89.9 Å². The number of hydrogen-bond donors (Lipinski definition) is 1. The molecule has 1 saturated heterocycles. The lowest BCUT2D eigenvalue weighted by Crippen LogP contribution is -2.60. The van der Waals surface area contributed by atoms with Crippen molar-refractivity contribution in [2.75, 3.05) is 13.1 Å². The molecular weight excluding hydrogens is 364 g/mol. The molecule has 4 aliphatic carbocycles. The lowest BCUT2D eigenvalue weighted by molar-refractivity contribution is 0.0199. The van der Waals surface area contributed by atoms with Crippen LogP contribution in [0, 0.1) is 17.8 Å². The van der Waals surface area contributed by atoms with Gasteiger partial charge in [0, 0.05) is 19.1 Å². The Morgan fingerprint density at radius 2 is 1.48 bits per heavy atom. The first kappa shape index (κ1) is 19.5. The topological polar surface area (TPSA) is 75.7 Å². The first-order valence-corrected chi connectivity index (χ1v) is 12.0. The van der Waals surface area contributed by atoms with E-state index in [1.165, 1.54) is 19.3 Å². The van der Waals surface area contributed by atoms with Gasteiger partial charge in [0.1, 0.15) is 5.60 Å². The molecule has 0 aromatic carbocycles. The summed E-state index contributed by atoms with van der Waals surface area (Å²) >= 11 is 0. The molecule has 1 heterocycles. The van der Waals surface area contributed by atoms with Crippen LogP contribution < -0.4 is 4.72 Å². The summed E-state index contributed by atoms with van der Waals surface area (Å²) in [6, 6.07) is -0.0679. The summed E-state index contributed by atoms with van der Waals surface area (Å²) in [5.41, 5.74) is -0.506.